The van der Waals surface area contributed by atoms with Crippen molar-refractivity contribution < 1.29 is 18.0 Å². The number of carbonyl (C=O) groups excluding carboxylic acids is 1. The monoisotopic (exact) mass is 558 g/mol. The summed E-state index contributed by atoms with van der Waals surface area (Å²) in [4.78, 5) is 25.7. The Bertz CT molecular complexity index is 1670. The Hall–Kier alpha value is -4.46. The lowest BCUT2D eigenvalue weighted by Crippen LogP contribution is -2.44. The number of alkyl halides is 3. The molecule has 1 saturated heterocycles. The van der Waals surface area contributed by atoms with Crippen molar-refractivity contribution in [3.05, 3.63) is 94.3 Å². The first-order valence-electron chi connectivity index (χ1n) is 13.1. The van der Waals surface area contributed by atoms with Gasteiger partial charge in [-0.25, -0.2) is 4.98 Å². The van der Waals surface area contributed by atoms with E-state index in [-0.39, 0.29) is 29.2 Å². The number of aromatic nitrogens is 2. The molecule has 3 heterocycles. The maximum absolute atomic E-state index is 14.0. The summed E-state index contributed by atoms with van der Waals surface area (Å²) in [6, 6.07) is 12.6. The number of nitrogens with two attached hydrogens (primary N) is 1. The number of nitrogens with one attached hydrogen (secondary N) is 1. The van der Waals surface area contributed by atoms with Crippen molar-refractivity contribution in [2.45, 2.75) is 19.6 Å². The number of piperazine rings is 1. The molecule has 2 aromatic heterocycles. The third-order valence-corrected chi connectivity index (χ3v) is 7.17. The average molecular weight is 559 g/mol. The number of likely N-dealkylation sites (N-methyl/N-ethyl adjacent to an activating group) is 1. The highest BCUT2D eigenvalue weighted by atomic mass is 19.4. The topological polar surface area (TPSA) is 87.4 Å². The third-order valence-electron chi connectivity index (χ3n) is 7.17. The molecular weight excluding hydrogens is 529 g/mol. The van der Waals surface area contributed by atoms with Crippen molar-refractivity contribution in [2.24, 2.45) is 0 Å². The van der Waals surface area contributed by atoms with E-state index in [2.05, 4.69) is 32.0 Å². The van der Waals surface area contributed by atoms with Gasteiger partial charge in [-0.2, -0.15) is 13.2 Å². The molecule has 1 fully saturated rings. The molecule has 41 heavy (non-hydrogen) atoms. The molecule has 2 aromatic carbocycles. The van der Waals surface area contributed by atoms with E-state index in [1.807, 2.05) is 24.9 Å². The summed E-state index contributed by atoms with van der Waals surface area (Å²) in [6.07, 6.45) is -1.32. The lowest BCUT2D eigenvalue weighted by atomic mass is 10.0. The molecule has 1 amide bonds. The van der Waals surface area contributed by atoms with Gasteiger partial charge in [0.2, 0.25) is 0 Å². The fourth-order valence-corrected chi connectivity index (χ4v) is 4.73. The second-order valence-corrected chi connectivity index (χ2v) is 10.1. The molecule has 10 heteroatoms. The van der Waals surface area contributed by atoms with E-state index in [0.29, 0.717) is 29.7 Å². The number of nitrogens with zero attached hydrogens (tertiary/aromatic N) is 4. The number of benzene rings is 2. The summed E-state index contributed by atoms with van der Waals surface area (Å²) in [5.74, 6) is 5.85. The van der Waals surface area contributed by atoms with Crippen molar-refractivity contribution in [1.82, 2.24) is 19.8 Å². The molecule has 0 aliphatic carbocycles. The van der Waals surface area contributed by atoms with Crippen LogP contribution >= 0.6 is 0 Å². The van der Waals surface area contributed by atoms with Crippen LogP contribution in [-0.4, -0.2) is 58.9 Å². The first-order valence-corrected chi connectivity index (χ1v) is 13.1. The molecule has 3 N–H and O–H groups in total. The van der Waals surface area contributed by atoms with Crippen LogP contribution in [0.1, 0.15) is 38.2 Å². The van der Waals surface area contributed by atoms with Crippen molar-refractivity contribution in [2.75, 3.05) is 44.3 Å². The maximum Gasteiger partial charge on any atom is 0.416 e. The van der Waals surface area contributed by atoms with Crippen LogP contribution in [0, 0.1) is 18.8 Å². The Kier molecular flexibility index (Phi) is 7.92. The first-order chi connectivity index (χ1) is 19.6. The van der Waals surface area contributed by atoms with Crippen molar-refractivity contribution in [1.29, 1.82) is 0 Å². The van der Waals surface area contributed by atoms with E-state index in [4.69, 9.17) is 5.73 Å². The summed E-state index contributed by atoms with van der Waals surface area (Å²) < 4.78 is 41.9. The molecule has 0 atom stereocenters. The maximum atomic E-state index is 14.0. The lowest BCUT2D eigenvalue weighted by Gasteiger charge is -2.33. The zero-order chi connectivity index (χ0) is 29.1. The van der Waals surface area contributed by atoms with E-state index in [9.17, 15) is 18.0 Å². The number of pyridine rings is 2. The molecule has 0 saturated carbocycles. The van der Waals surface area contributed by atoms with Crippen LogP contribution in [0.25, 0.3) is 10.9 Å². The molecule has 4 aromatic rings. The minimum atomic E-state index is -4.55. The fraction of sp³-hybridized carbons (Fsp3) is 0.258. The number of carbonyl (C=O) groups is 1. The molecular formula is C31H29F3N6O. The van der Waals surface area contributed by atoms with E-state index in [0.717, 1.165) is 30.1 Å². The van der Waals surface area contributed by atoms with Gasteiger partial charge in [-0.15, -0.1) is 0 Å². The lowest BCUT2D eigenvalue weighted by molar-refractivity contribution is -0.138. The van der Waals surface area contributed by atoms with Crippen LogP contribution in [0.5, 0.6) is 0 Å². The van der Waals surface area contributed by atoms with Crippen LogP contribution in [0.2, 0.25) is 0 Å². The predicted octanol–water partition coefficient (Wildman–Crippen LogP) is 4.94. The fourth-order valence-electron chi connectivity index (χ4n) is 4.73. The first kappa shape index (κ1) is 28.1. The number of nitrogen functional groups attached to an aromatic ring is 1. The molecule has 0 radical (unpaired) electrons. The second kappa shape index (κ2) is 11.6. The van der Waals surface area contributed by atoms with E-state index < -0.39 is 17.6 Å². The van der Waals surface area contributed by atoms with E-state index >= 15 is 0 Å². The molecule has 7 nitrogen and oxygen atoms in total. The van der Waals surface area contributed by atoms with Gasteiger partial charge < -0.3 is 16.0 Å². The standard InChI is InChI=1S/C31H29F3N6O/c1-20-5-6-22(16-21(20)8-10-26-25-4-3-11-36-28(25)18-37-29(26)35)30(41)38-24-9-7-23(27(17-24)31(32,33)34)19-40-14-12-39(2)13-15-40/h3-7,9,11,16-18H,12-15,19H2,1-2H3,(H2,35,37)(H,38,41). The Morgan fingerprint density at radius 3 is 2.59 bits per heavy atom. The molecule has 0 unspecified atom stereocenters. The second-order valence-electron chi connectivity index (χ2n) is 10.1. The van der Waals surface area contributed by atoms with Gasteiger partial charge in [-0.1, -0.05) is 24.0 Å². The summed E-state index contributed by atoms with van der Waals surface area (Å²) in [5, 5.41) is 3.38. The number of fused-ring (bicyclic) bond motifs is 1. The molecule has 0 bridgehead atoms. The number of halogens is 3. The molecule has 210 valence electrons. The Labute approximate surface area is 236 Å². The normalized spacial score (nSPS) is 14.5. The van der Waals surface area contributed by atoms with E-state index in [1.54, 1.807) is 36.7 Å². The number of amides is 1. The highest BCUT2D eigenvalue weighted by Crippen LogP contribution is 2.35. The zero-order valence-electron chi connectivity index (χ0n) is 22.7. The van der Waals surface area contributed by atoms with Gasteiger partial charge in [-0.05, 0) is 61.5 Å². The summed E-state index contributed by atoms with van der Waals surface area (Å²) in [6.45, 7) is 5.07. The van der Waals surface area contributed by atoms with Gasteiger partial charge in [0.15, 0.2) is 0 Å². The SMILES string of the molecule is Cc1ccc(C(=O)Nc2ccc(CN3CCN(C)CC3)c(C(F)(F)F)c2)cc1C#Cc1c(N)ncc2ncccc12. The average Bonchev–Trinajstić information content (AvgIpc) is 2.94. The van der Waals surface area contributed by atoms with Crippen LogP contribution < -0.4 is 11.1 Å². The van der Waals surface area contributed by atoms with Crippen LogP contribution in [0.4, 0.5) is 24.7 Å². The number of aryl methyl sites for hydroxylation is 1. The Morgan fingerprint density at radius 2 is 1.83 bits per heavy atom. The summed E-state index contributed by atoms with van der Waals surface area (Å²) >= 11 is 0. The largest absolute Gasteiger partial charge is 0.416 e. The Balaban J connectivity index is 1.38. The van der Waals surface area contributed by atoms with Crippen molar-refractivity contribution in [3.63, 3.8) is 0 Å². The van der Waals surface area contributed by atoms with E-state index in [1.165, 1.54) is 12.1 Å². The summed E-state index contributed by atoms with van der Waals surface area (Å²) in [5.41, 5.74) is 8.43. The van der Waals surface area contributed by atoms with Gasteiger partial charge in [0.05, 0.1) is 22.8 Å². The third kappa shape index (κ3) is 6.48. The molecule has 1 aliphatic heterocycles. The highest BCUT2D eigenvalue weighted by molar-refractivity contribution is 6.04. The van der Waals surface area contributed by atoms with Crippen LogP contribution in [-0.2, 0) is 12.7 Å². The molecule has 0 spiro atoms. The molecule has 5 rings (SSSR count). The van der Waals surface area contributed by atoms with Gasteiger partial charge in [0.25, 0.3) is 5.91 Å². The minimum absolute atomic E-state index is 0.0692. The van der Waals surface area contributed by atoms with Gasteiger partial charge in [0, 0.05) is 61.1 Å². The molecule has 1 aliphatic rings. The highest BCUT2D eigenvalue weighted by Gasteiger charge is 2.34. The van der Waals surface area contributed by atoms with Crippen molar-refractivity contribution in [3.8, 4) is 11.8 Å². The number of hydrogen-bond donors (Lipinski definition) is 2. The quantitative estimate of drug-likeness (QED) is 0.345. The number of rotatable bonds is 4. The number of hydrogen-bond acceptors (Lipinski definition) is 6. The van der Waals surface area contributed by atoms with Crippen LogP contribution in [0.3, 0.4) is 0 Å². The predicted molar refractivity (Wildman–Crippen MR) is 153 cm³/mol. The van der Waals surface area contributed by atoms with Gasteiger partial charge in [-0.3, -0.25) is 14.7 Å². The minimum Gasteiger partial charge on any atom is -0.383 e. The summed E-state index contributed by atoms with van der Waals surface area (Å²) in [7, 11) is 2.00. The number of anilines is 2. The van der Waals surface area contributed by atoms with Crippen molar-refractivity contribution >= 4 is 28.3 Å². The van der Waals surface area contributed by atoms with Gasteiger partial charge in [0.1, 0.15) is 5.82 Å². The zero-order valence-corrected chi connectivity index (χ0v) is 22.7. The smallest absolute Gasteiger partial charge is 0.383 e. The van der Waals surface area contributed by atoms with Gasteiger partial charge >= 0.3 is 6.18 Å². The Morgan fingerprint density at radius 1 is 1.05 bits per heavy atom. The van der Waals surface area contributed by atoms with Crippen LogP contribution in [0.15, 0.2) is 60.9 Å².